The standard InChI is InChI=1S/C19H26N6S/c1-13-20-11-15(26-13)12-24-9-7-14(8-10-24)18-22-21-17-6-5-16(19(2,3)4)23-25(17)18/h5-6,11,14H,7-10,12H2,1-4H3. The van der Waals surface area contributed by atoms with Crippen molar-refractivity contribution in [2.45, 2.75) is 58.4 Å². The lowest BCUT2D eigenvalue weighted by Gasteiger charge is -2.30. The number of aryl methyl sites for hydroxylation is 1. The van der Waals surface area contributed by atoms with Crippen LogP contribution < -0.4 is 0 Å². The highest BCUT2D eigenvalue weighted by Gasteiger charge is 2.26. The summed E-state index contributed by atoms with van der Waals surface area (Å²) in [6.45, 7) is 11.8. The fourth-order valence-corrected chi connectivity index (χ4v) is 4.35. The van der Waals surface area contributed by atoms with E-state index in [0.717, 1.165) is 54.6 Å². The second kappa shape index (κ2) is 6.70. The van der Waals surface area contributed by atoms with Gasteiger partial charge in [-0.15, -0.1) is 21.5 Å². The first-order chi connectivity index (χ1) is 12.4. The van der Waals surface area contributed by atoms with Gasteiger partial charge in [0.15, 0.2) is 11.5 Å². The first-order valence-electron chi connectivity index (χ1n) is 9.26. The Morgan fingerprint density at radius 2 is 1.92 bits per heavy atom. The van der Waals surface area contributed by atoms with Crippen LogP contribution in [0.2, 0.25) is 0 Å². The van der Waals surface area contributed by atoms with Gasteiger partial charge in [0, 0.05) is 29.0 Å². The Bertz CT molecular complexity index is 898. The molecule has 0 spiro atoms. The van der Waals surface area contributed by atoms with Gasteiger partial charge in [-0.3, -0.25) is 4.90 Å². The molecule has 0 aromatic carbocycles. The van der Waals surface area contributed by atoms with Crippen LogP contribution in [0.15, 0.2) is 18.3 Å². The van der Waals surface area contributed by atoms with Gasteiger partial charge < -0.3 is 0 Å². The molecule has 0 amide bonds. The summed E-state index contributed by atoms with van der Waals surface area (Å²) in [6, 6.07) is 4.10. The summed E-state index contributed by atoms with van der Waals surface area (Å²) in [4.78, 5) is 8.23. The molecule has 26 heavy (non-hydrogen) atoms. The fourth-order valence-electron chi connectivity index (χ4n) is 3.51. The highest BCUT2D eigenvalue weighted by atomic mass is 32.1. The van der Waals surface area contributed by atoms with Crippen LogP contribution in [-0.4, -0.2) is 42.8 Å². The number of rotatable bonds is 3. The average Bonchev–Trinajstić information content (AvgIpc) is 3.20. The van der Waals surface area contributed by atoms with Crippen LogP contribution in [0, 0.1) is 6.92 Å². The van der Waals surface area contributed by atoms with Crippen LogP contribution in [0.1, 0.15) is 60.9 Å². The second-order valence-electron chi connectivity index (χ2n) is 8.19. The number of aromatic nitrogens is 5. The quantitative estimate of drug-likeness (QED) is 0.705. The highest BCUT2D eigenvalue weighted by molar-refractivity contribution is 7.11. The van der Waals surface area contributed by atoms with Crippen LogP contribution in [-0.2, 0) is 12.0 Å². The first kappa shape index (κ1) is 17.5. The Labute approximate surface area is 158 Å². The number of likely N-dealkylation sites (tertiary alicyclic amines) is 1. The molecule has 4 rings (SSSR count). The highest BCUT2D eigenvalue weighted by Crippen LogP contribution is 2.29. The molecule has 0 bridgehead atoms. The van der Waals surface area contributed by atoms with Gasteiger partial charge in [0.05, 0.1) is 10.7 Å². The lowest BCUT2D eigenvalue weighted by Crippen LogP contribution is -2.33. The maximum Gasteiger partial charge on any atom is 0.177 e. The molecule has 0 aliphatic carbocycles. The zero-order chi connectivity index (χ0) is 18.3. The molecular formula is C19H26N6S. The fraction of sp³-hybridized carbons (Fsp3) is 0.579. The van der Waals surface area contributed by atoms with Gasteiger partial charge in [-0.05, 0) is 45.0 Å². The molecule has 138 valence electrons. The normalized spacial score (nSPS) is 17.2. The predicted molar refractivity (Wildman–Crippen MR) is 104 cm³/mol. The topological polar surface area (TPSA) is 59.2 Å². The summed E-state index contributed by atoms with van der Waals surface area (Å²) in [5, 5.41) is 14.8. The Morgan fingerprint density at radius 3 is 2.58 bits per heavy atom. The zero-order valence-electron chi connectivity index (χ0n) is 15.9. The van der Waals surface area contributed by atoms with E-state index >= 15 is 0 Å². The molecule has 1 aliphatic rings. The van der Waals surface area contributed by atoms with Crippen LogP contribution in [0.4, 0.5) is 0 Å². The van der Waals surface area contributed by atoms with Crippen molar-refractivity contribution in [3.05, 3.63) is 39.7 Å². The summed E-state index contributed by atoms with van der Waals surface area (Å²) in [5.41, 5.74) is 1.94. The number of piperidine rings is 1. The van der Waals surface area contributed by atoms with E-state index in [1.54, 1.807) is 11.3 Å². The van der Waals surface area contributed by atoms with Crippen LogP contribution in [0.5, 0.6) is 0 Å². The van der Waals surface area contributed by atoms with Crippen LogP contribution in [0.25, 0.3) is 5.65 Å². The third-order valence-electron chi connectivity index (χ3n) is 5.06. The van der Waals surface area contributed by atoms with Crippen LogP contribution >= 0.6 is 11.3 Å². The van der Waals surface area contributed by atoms with Crippen molar-refractivity contribution in [1.82, 2.24) is 29.7 Å². The molecule has 4 heterocycles. The van der Waals surface area contributed by atoms with Crippen molar-refractivity contribution in [2.75, 3.05) is 13.1 Å². The van der Waals surface area contributed by atoms with Crippen molar-refractivity contribution < 1.29 is 0 Å². The van der Waals surface area contributed by atoms with Crippen molar-refractivity contribution in [3.63, 3.8) is 0 Å². The van der Waals surface area contributed by atoms with E-state index in [9.17, 15) is 0 Å². The molecule has 1 saturated heterocycles. The Kier molecular flexibility index (Phi) is 4.52. The number of nitrogens with zero attached hydrogens (tertiary/aromatic N) is 6. The van der Waals surface area contributed by atoms with E-state index in [4.69, 9.17) is 5.10 Å². The largest absolute Gasteiger partial charge is 0.298 e. The maximum atomic E-state index is 4.84. The molecule has 3 aromatic rings. The maximum absolute atomic E-state index is 4.84. The van der Waals surface area contributed by atoms with Crippen molar-refractivity contribution in [2.24, 2.45) is 0 Å². The minimum atomic E-state index is 0.0198. The molecule has 1 fully saturated rings. The van der Waals surface area contributed by atoms with Gasteiger partial charge in [-0.25, -0.2) is 4.98 Å². The Hall–Kier alpha value is -1.86. The van der Waals surface area contributed by atoms with Gasteiger partial charge in [-0.2, -0.15) is 9.61 Å². The first-order valence-corrected chi connectivity index (χ1v) is 10.1. The molecule has 6 nitrogen and oxygen atoms in total. The van der Waals surface area contributed by atoms with E-state index in [1.807, 2.05) is 16.8 Å². The van der Waals surface area contributed by atoms with Crippen LogP contribution in [0.3, 0.4) is 0 Å². The monoisotopic (exact) mass is 370 g/mol. The van der Waals surface area contributed by atoms with E-state index in [2.05, 4.69) is 53.8 Å². The van der Waals surface area contributed by atoms with Crippen molar-refractivity contribution >= 4 is 17.0 Å². The van der Waals surface area contributed by atoms with E-state index in [1.165, 1.54) is 4.88 Å². The summed E-state index contributed by atoms with van der Waals surface area (Å²) in [5.74, 6) is 1.44. The van der Waals surface area contributed by atoms with E-state index < -0.39 is 0 Å². The second-order valence-corrected chi connectivity index (χ2v) is 9.51. The van der Waals surface area contributed by atoms with Gasteiger partial charge in [0.1, 0.15) is 0 Å². The smallest absolute Gasteiger partial charge is 0.177 e. The summed E-state index contributed by atoms with van der Waals surface area (Å²) < 4.78 is 1.97. The molecule has 7 heteroatoms. The molecular weight excluding hydrogens is 344 g/mol. The number of thiazole rings is 1. The van der Waals surface area contributed by atoms with Gasteiger partial charge >= 0.3 is 0 Å². The lowest BCUT2D eigenvalue weighted by atomic mass is 9.92. The molecule has 0 radical (unpaired) electrons. The predicted octanol–water partition coefficient (Wildman–Crippen LogP) is 3.57. The van der Waals surface area contributed by atoms with Crippen molar-refractivity contribution in [1.29, 1.82) is 0 Å². The van der Waals surface area contributed by atoms with Gasteiger partial charge in [0.25, 0.3) is 0 Å². The summed E-state index contributed by atoms with van der Waals surface area (Å²) >= 11 is 1.80. The lowest BCUT2D eigenvalue weighted by molar-refractivity contribution is 0.202. The molecule has 1 aliphatic heterocycles. The molecule has 0 saturated carbocycles. The Balaban J connectivity index is 1.49. The van der Waals surface area contributed by atoms with Gasteiger partial charge in [0.2, 0.25) is 0 Å². The minimum absolute atomic E-state index is 0.0198. The summed E-state index contributed by atoms with van der Waals surface area (Å²) in [6.07, 6.45) is 4.20. The van der Waals surface area contributed by atoms with Crippen molar-refractivity contribution in [3.8, 4) is 0 Å². The van der Waals surface area contributed by atoms with Gasteiger partial charge in [-0.1, -0.05) is 20.8 Å². The number of hydrogen-bond donors (Lipinski definition) is 0. The molecule has 0 unspecified atom stereocenters. The summed E-state index contributed by atoms with van der Waals surface area (Å²) in [7, 11) is 0. The Morgan fingerprint density at radius 1 is 1.15 bits per heavy atom. The van der Waals surface area contributed by atoms with E-state index in [-0.39, 0.29) is 5.41 Å². The third kappa shape index (κ3) is 3.50. The average molecular weight is 371 g/mol. The third-order valence-corrected chi connectivity index (χ3v) is 5.95. The minimum Gasteiger partial charge on any atom is -0.298 e. The number of fused-ring (bicyclic) bond motifs is 1. The SMILES string of the molecule is Cc1ncc(CN2CCC(c3nnc4ccc(C(C)(C)C)nn34)CC2)s1. The number of hydrogen-bond acceptors (Lipinski definition) is 6. The zero-order valence-corrected chi connectivity index (χ0v) is 16.8. The molecule has 0 atom stereocenters. The molecule has 0 N–H and O–H groups in total. The molecule has 3 aromatic heterocycles. The van der Waals surface area contributed by atoms with E-state index in [0.29, 0.717) is 5.92 Å².